The molecule has 42 heavy (non-hydrogen) atoms. The van der Waals surface area contributed by atoms with Crippen molar-refractivity contribution < 1.29 is 58.4 Å². The van der Waals surface area contributed by atoms with Crippen molar-refractivity contribution in [3.63, 3.8) is 0 Å². The van der Waals surface area contributed by atoms with Crippen LogP contribution in [0.15, 0.2) is 60.7 Å². The molecule has 2 aromatic carbocycles. The highest BCUT2D eigenvalue weighted by Gasteiger charge is 2.94. The lowest BCUT2D eigenvalue weighted by Gasteiger charge is -2.67. The Morgan fingerprint density at radius 2 is 1.50 bits per heavy atom. The van der Waals surface area contributed by atoms with E-state index in [1.54, 1.807) is 67.6 Å². The Morgan fingerprint density at radius 1 is 0.881 bits per heavy atom. The van der Waals surface area contributed by atoms with E-state index in [1.807, 2.05) is 0 Å². The van der Waals surface area contributed by atoms with Gasteiger partial charge in [-0.25, -0.2) is 9.59 Å². The van der Waals surface area contributed by atoms with E-state index in [0.717, 1.165) is 0 Å². The zero-order valence-corrected chi connectivity index (χ0v) is 22.7. The van der Waals surface area contributed by atoms with Crippen LogP contribution in [0.3, 0.4) is 0 Å². The predicted molar refractivity (Wildman–Crippen MR) is 138 cm³/mol. The predicted octanol–water partition coefficient (Wildman–Crippen LogP) is 0.507. The van der Waals surface area contributed by atoms with Gasteiger partial charge in [-0.3, -0.25) is 0 Å². The number of carbonyl (C=O) groups is 2. The maximum atomic E-state index is 12.9. The molecule has 2 aromatic rings. The van der Waals surface area contributed by atoms with E-state index in [2.05, 4.69) is 0 Å². The maximum Gasteiger partial charge on any atom is 0.338 e. The van der Waals surface area contributed by atoms with E-state index in [0.29, 0.717) is 11.1 Å². The second kappa shape index (κ2) is 9.53. The molecule has 224 valence electrons. The highest BCUT2D eigenvalue weighted by molar-refractivity contribution is 5.89. The van der Waals surface area contributed by atoms with Crippen molar-refractivity contribution in [3.05, 3.63) is 71.8 Å². The molecule has 0 unspecified atom stereocenters. The molecule has 9 rings (SSSR count). The van der Waals surface area contributed by atoms with Crippen LogP contribution in [-0.4, -0.2) is 99.6 Å². The van der Waals surface area contributed by atoms with E-state index >= 15 is 0 Å². The standard InChI is InChI=1S/C30H32O12/c1-27-14-29(36)19-12-30(27,28(19,26(41-27)42-29)15-38-24(35)17-10-6-3-7-11-17)40-25-22(33)21(32)20(31)18(39-25)13-37-23(34)16-8-4-2-5-9-16/h2-11,18-22,25-26,31-33,36H,12-15H2,1H3/t18-,19-,20-,21+,22-,25+,26-,27+,28+,29-,30+/m1/s1. The number of benzene rings is 2. The Balaban J connectivity index is 1.13. The minimum atomic E-state index is -1.69. The van der Waals surface area contributed by atoms with Gasteiger partial charge in [0.05, 0.1) is 16.5 Å². The van der Waals surface area contributed by atoms with Gasteiger partial charge in [-0.2, -0.15) is 0 Å². The van der Waals surface area contributed by atoms with Crippen LogP contribution in [0.1, 0.15) is 40.5 Å². The summed E-state index contributed by atoms with van der Waals surface area (Å²) in [6.45, 7) is 1.12. The number of aliphatic hydroxyl groups is 4. The molecule has 6 bridgehead atoms. The van der Waals surface area contributed by atoms with Crippen LogP contribution in [-0.2, 0) is 28.4 Å². The molecule has 0 aromatic heterocycles. The largest absolute Gasteiger partial charge is 0.461 e. The van der Waals surface area contributed by atoms with Crippen molar-refractivity contribution in [1.82, 2.24) is 0 Å². The number of rotatable bonds is 8. The lowest BCUT2D eigenvalue weighted by Crippen LogP contribution is -2.80. The summed E-state index contributed by atoms with van der Waals surface area (Å²) in [7, 11) is 0. The highest BCUT2D eigenvalue weighted by Crippen LogP contribution is 2.81. The smallest absolute Gasteiger partial charge is 0.338 e. The molecule has 3 saturated carbocycles. The molecule has 7 fully saturated rings. The molecule has 12 heteroatoms. The van der Waals surface area contributed by atoms with Crippen LogP contribution in [0, 0.1) is 11.3 Å². The summed E-state index contributed by atoms with van der Waals surface area (Å²) >= 11 is 0. The topological polar surface area (TPSA) is 170 Å². The number of hydrogen-bond acceptors (Lipinski definition) is 12. The Labute approximate surface area is 240 Å². The van der Waals surface area contributed by atoms with Crippen molar-refractivity contribution in [2.24, 2.45) is 11.3 Å². The van der Waals surface area contributed by atoms with E-state index in [9.17, 15) is 30.0 Å². The molecule has 12 nitrogen and oxygen atoms in total. The number of esters is 2. The zero-order chi connectivity index (χ0) is 29.5. The van der Waals surface area contributed by atoms with Gasteiger partial charge in [-0.1, -0.05) is 36.4 Å². The first-order valence-corrected chi connectivity index (χ1v) is 13.9. The number of carbonyl (C=O) groups excluding carboxylic acids is 2. The second-order valence-electron chi connectivity index (χ2n) is 12.0. The molecule has 4 aliphatic heterocycles. The Bertz CT molecular complexity index is 1370. The van der Waals surface area contributed by atoms with Gasteiger partial charge in [0.15, 0.2) is 18.4 Å². The van der Waals surface area contributed by atoms with Crippen molar-refractivity contribution in [2.45, 2.75) is 73.8 Å². The molecule has 0 amide bonds. The fourth-order valence-electron chi connectivity index (χ4n) is 7.68. The van der Waals surface area contributed by atoms with E-state index in [1.165, 1.54) is 0 Å². The van der Waals surface area contributed by atoms with Gasteiger partial charge < -0.3 is 48.8 Å². The molecule has 4 saturated heterocycles. The van der Waals surface area contributed by atoms with Gasteiger partial charge in [0.1, 0.15) is 48.8 Å². The van der Waals surface area contributed by atoms with Crippen LogP contribution in [0.5, 0.6) is 0 Å². The maximum absolute atomic E-state index is 12.9. The normalized spacial score (nSPS) is 44.5. The number of hydrogen-bond donors (Lipinski definition) is 4. The highest BCUT2D eigenvalue weighted by atomic mass is 16.8. The molecule has 11 atom stereocenters. The van der Waals surface area contributed by atoms with Gasteiger partial charge in [0.2, 0.25) is 0 Å². The van der Waals surface area contributed by atoms with Gasteiger partial charge in [0, 0.05) is 12.3 Å². The van der Waals surface area contributed by atoms with Crippen LogP contribution in [0.25, 0.3) is 0 Å². The molecule has 4 heterocycles. The van der Waals surface area contributed by atoms with Crippen LogP contribution >= 0.6 is 0 Å². The Morgan fingerprint density at radius 3 is 2.14 bits per heavy atom. The quantitative estimate of drug-likeness (QED) is 0.318. The zero-order valence-electron chi connectivity index (χ0n) is 22.7. The fraction of sp³-hybridized carbons (Fsp3) is 0.533. The first kappa shape index (κ1) is 27.9. The molecule has 0 spiro atoms. The van der Waals surface area contributed by atoms with Gasteiger partial charge in [0.25, 0.3) is 0 Å². The molecule has 7 aliphatic rings. The van der Waals surface area contributed by atoms with E-state index in [4.69, 9.17) is 28.4 Å². The summed E-state index contributed by atoms with van der Waals surface area (Å²) in [5.41, 5.74) is -2.88. The fourth-order valence-corrected chi connectivity index (χ4v) is 7.68. The first-order valence-electron chi connectivity index (χ1n) is 13.9. The summed E-state index contributed by atoms with van der Waals surface area (Å²) < 4.78 is 35.7. The average molecular weight is 585 g/mol. The molecule has 4 N–H and O–H groups in total. The SMILES string of the molecule is C[C@@]12C[C@@]3(O)O[C@@H](O1)[C@]1(COC(=O)c4ccccc4)[C@H]3C[C@@]12O[C@@H]1O[C@H](COC(=O)c2ccccc2)[C@@H](O)[C@H](O)[C@H]1O. The van der Waals surface area contributed by atoms with E-state index in [-0.39, 0.29) is 19.4 Å². The lowest BCUT2D eigenvalue weighted by molar-refractivity contribution is -0.424. The average Bonchev–Trinajstić information content (AvgIpc) is 3.18. The van der Waals surface area contributed by atoms with Crippen LogP contribution in [0.2, 0.25) is 0 Å². The van der Waals surface area contributed by atoms with Gasteiger partial charge in [-0.05, 0) is 37.6 Å². The molecular weight excluding hydrogens is 552 g/mol. The third kappa shape index (κ3) is 3.70. The summed E-state index contributed by atoms with van der Waals surface area (Å²) in [4.78, 5) is 25.4. The summed E-state index contributed by atoms with van der Waals surface area (Å²) in [5, 5.41) is 43.6. The minimum Gasteiger partial charge on any atom is -0.461 e. The number of ether oxygens (including phenoxy) is 6. The monoisotopic (exact) mass is 584 g/mol. The molecule has 0 radical (unpaired) electrons. The Kier molecular flexibility index (Phi) is 6.32. The third-order valence-corrected chi connectivity index (χ3v) is 9.78. The molecular formula is C30H32O12. The first-order chi connectivity index (χ1) is 20.0. The van der Waals surface area contributed by atoms with Crippen molar-refractivity contribution in [1.29, 1.82) is 0 Å². The van der Waals surface area contributed by atoms with Crippen LogP contribution < -0.4 is 0 Å². The van der Waals surface area contributed by atoms with Gasteiger partial charge in [-0.15, -0.1) is 0 Å². The second-order valence-corrected chi connectivity index (χ2v) is 12.0. The summed E-state index contributed by atoms with van der Waals surface area (Å²) in [6.07, 6.45) is -8.34. The Hall–Kier alpha value is -2.94. The minimum absolute atomic E-state index is 0.0572. The number of aliphatic hydroxyl groups excluding tert-OH is 3. The lowest BCUT2D eigenvalue weighted by atomic mass is 9.41. The summed E-state index contributed by atoms with van der Waals surface area (Å²) in [5.74, 6) is -3.25. The van der Waals surface area contributed by atoms with Crippen molar-refractivity contribution in [3.8, 4) is 0 Å². The van der Waals surface area contributed by atoms with Crippen LogP contribution in [0.4, 0.5) is 0 Å². The van der Waals surface area contributed by atoms with Crippen molar-refractivity contribution in [2.75, 3.05) is 13.2 Å². The van der Waals surface area contributed by atoms with Gasteiger partial charge >= 0.3 is 11.9 Å². The summed E-state index contributed by atoms with van der Waals surface area (Å²) in [6, 6.07) is 16.7. The third-order valence-electron chi connectivity index (χ3n) is 9.78. The van der Waals surface area contributed by atoms with Crippen molar-refractivity contribution >= 4 is 11.9 Å². The van der Waals surface area contributed by atoms with E-state index < -0.39 is 83.9 Å². The molecule has 3 aliphatic carbocycles.